The van der Waals surface area contributed by atoms with E-state index >= 15 is 0 Å². The van der Waals surface area contributed by atoms with Crippen molar-refractivity contribution in [2.45, 2.75) is 25.9 Å². The molecule has 0 atom stereocenters. The van der Waals surface area contributed by atoms with Crippen LogP contribution in [0.2, 0.25) is 0 Å². The zero-order valence-corrected chi connectivity index (χ0v) is 21.8. The van der Waals surface area contributed by atoms with E-state index in [4.69, 9.17) is 4.98 Å². The van der Waals surface area contributed by atoms with Gasteiger partial charge in [-0.1, -0.05) is 84.9 Å². The molecule has 3 aromatic carbocycles. The van der Waals surface area contributed by atoms with Crippen LogP contribution >= 0.6 is 0 Å². The Labute approximate surface area is 230 Å². The number of halogens is 3. The number of nitrogens with one attached hydrogen (secondary N) is 1. The van der Waals surface area contributed by atoms with Gasteiger partial charge in [0.25, 0.3) is 0 Å². The Morgan fingerprint density at radius 3 is 2.42 bits per heavy atom. The molecule has 0 aliphatic carbocycles. The van der Waals surface area contributed by atoms with Crippen molar-refractivity contribution in [2.24, 2.45) is 5.10 Å². The largest absolute Gasteiger partial charge is 0.416 e. The van der Waals surface area contributed by atoms with Gasteiger partial charge in [-0.15, -0.1) is 0 Å². The molecule has 2 heterocycles. The van der Waals surface area contributed by atoms with Gasteiger partial charge in [-0.3, -0.25) is 4.98 Å². The number of hydrazone groups is 1. The predicted octanol–water partition coefficient (Wildman–Crippen LogP) is 7.81. The molecule has 0 radical (unpaired) electrons. The molecule has 0 unspecified atom stereocenters. The summed E-state index contributed by atoms with van der Waals surface area (Å²) in [6, 6.07) is 25.2. The van der Waals surface area contributed by atoms with E-state index in [1.165, 1.54) is 12.1 Å². The summed E-state index contributed by atoms with van der Waals surface area (Å²) in [6.45, 7) is 5.98. The molecule has 0 aliphatic heterocycles. The summed E-state index contributed by atoms with van der Waals surface area (Å²) < 4.78 is 38.9. The summed E-state index contributed by atoms with van der Waals surface area (Å²) in [7, 11) is 0. The summed E-state index contributed by atoms with van der Waals surface area (Å²) in [5, 5.41) is 5.24. The number of nitrogens with zero attached hydrogens (tertiary/aromatic N) is 4. The molecule has 5 aromatic rings. The minimum atomic E-state index is -4.36. The molecule has 0 fully saturated rings. The number of para-hydroxylation sites is 1. The second-order valence-corrected chi connectivity index (χ2v) is 9.46. The highest BCUT2D eigenvalue weighted by Gasteiger charge is 2.30. The second kappa shape index (κ2) is 11.5. The maximum Gasteiger partial charge on any atom is 0.416 e. The van der Waals surface area contributed by atoms with Crippen LogP contribution in [0.4, 0.5) is 19.1 Å². The molecule has 0 spiro atoms. The lowest BCUT2D eigenvalue weighted by atomic mass is 9.99. The van der Waals surface area contributed by atoms with Crippen LogP contribution in [0.15, 0.2) is 108 Å². The van der Waals surface area contributed by atoms with Crippen LogP contribution in [0.1, 0.15) is 28.1 Å². The molecular formula is C32H26F3N5. The molecule has 0 bridgehead atoms. The lowest BCUT2D eigenvalue weighted by Crippen LogP contribution is -2.05. The third-order valence-corrected chi connectivity index (χ3v) is 6.37. The maximum atomic E-state index is 13.0. The minimum Gasteiger partial charge on any atom is -0.255 e. The number of anilines is 1. The van der Waals surface area contributed by atoms with Crippen molar-refractivity contribution in [1.29, 1.82) is 0 Å². The van der Waals surface area contributed by atoms with Crippen molar-refractivity contribution in [1.82, 2.24) is 15.0 Å². The van der Waals surface area contributed by atoms with Gasteiger partial charge < -0.3 is 0 Å². The lowest BCUT2D eigenvalue weighted by molar-refractivity contribution is -0.137. The molecule has 8 heteroatoms. The monoisotopic (exact) mass is 537 g/mol. The maximum absolute atomic E-state index is 13.0. The zero-order chi connectivity index (χ0) is 28.1. The Morgan fingerprint density at radius 2 is 1.68 bits per heavy atom. The number of hydrogen-bond acceptors (Lipinski definition) is 5. The van der Waals surface area contributed by atoms with Gasteiger partial charge in [-0.2, -0.15) is 18.3 Å². The highest BCUT2D eigenvalue weighted by Crippen LogP contribution is 2.30. The molecule has 5 nitrogen and oxygen atoms in total. The Kier molecular flexibility index (Phi) is 7.68. The zero-order valence-electron chi connectivity index (χ0n) is 21.8. The van der Waals surface area contributed by atoms with Gasteiger partial charge in [0.2, 0.25) is 5.95 Å². The van der Waals surface area contributed by atoms with E-state index in [9.17, 15) is 13.2 Å². The lowest BCUT2D eigenvalue weighted by Gasteiger charge is -2.10. The average Bonchev–Trinajstić information content (AvgIpc) is 2.94. The van der Waals surface area contributed by atoms with Gasteiger partial charge in [0.15, 0.2) is 0 Å². The number of rotatable bonds is 8. The fourth-order valence-electron chi connectivity index (χ4n) is 4.48. The molecule has 5 rings (SSSR count). The van der Waals surface area contributed by atoms with E-state index in [0.717, 1.165) is 44.9 Å². The highest BCUT2D eigenvalue weighted by molar-refractivity contribution is 5.95. The first kappa shape index (κ1) is 26.7. The highest BCUT2D eigenvalue weighted by atomic mass is 19.4. The van der Waals surface area contributed by atoms with Gasteiger partial charge in [0.1, 0.15) is 0 Å². The second-order valence-electron chi connectivity index (χ2n) is 9.46. The average molecular weight is 538 g/mol. The van der Waals surface area contributed by atoms with Crippen LogP contribution in [0, 0.1) is 6.92 Å². The summed E-state index contributed by atoms with van der Waals surface area (Å²) in [6.07, 6.45) is -0.215. The molecule has 0 saturated heterocycles. The first-order chi connectivity index (χ1) is 19.3. The van der Waals surface area contributed by atoms with Crippen LogP contribution in [-0.4, -0.2) is 21.2 Å². The van der Waals surface area contributed by atoms with Crippen LogP contribution in [0.3, 0.4) is 0 Å². The van der Waals surface area contributed by atoms with E-state index in [1.807, 2.05) is 67.6 Å². The van der Waals surface area contributed by atoms with Crippen molar-refractivity contribution in [3.8, 4) is 11.1 Å². The molecule has 2 aromatic heterocycles. The summed E-state index contributed by atoms with van der Waals surface area (Å²) in [5.41, 5.74) is 8.92. The van der Waals surface area contributed by atoms with Crippen molar-refractivity contribution in [3.05, 3.63) is 131 Å². The molecule has 1 N–H and O–H groups in total. The minimum absolute atomic E-state index is 0.355. The summed E-state index contributed by atoms with van der Waals surface area (Å²) in [4.78, 5) is 13.7. The first-order valence-electron chi connectivity index (χ1n) is 12.7. The predicted molar refractivity (Wildman–Crippen MR) is 153 cm³/mol. The molecule has 0 saturated carbocycles. The van der Waals surface area contributed by atoms with Crippen molar-refractivity contribution < 1.29 is 13.2 Å². The van der Waals surface area contributed by atoms with Gasteiger partial charge >= 0.3 is 6.18 Å². The van der Waals surface area contributed by atoms with Gasteiger partial charge in [-0.05, 0) is 48.6 Å². The number of hydrogen-bond donors (Lipinski definition) is 1. The van der Waals surface area contributed by atoms with E-state index in [-0.39, 0.29) is 0 Å². The first-order valence-corrected chi connectivity index (χ1v) is 12.7. The topological polar surface area (TPSA) is 63.1 Å². The Hall–Kier alpha value is -4.85. The third-order valence-electron chi connectivity index (χ3n) is 6.37. The number of benzene rings is 3. The van der Waals surface area contributed by atoms with E-state index < -0.39 is 11.7 Å². The number of pyridine rings is 1. The molecular weight excluding hydrogens is 511 g/mol. The van der Waals surface area contributed by atoms with Gasteiger partial charge in [0, 0.05) is 17.1 Å². The van der Waals surface area contributed by atoms with E-state index in [1.54, 1.807) is 18.5 Å². The molecule has 0 amide bonds. The number of alkyl halides is 3. The van der Waals surface area contributed by atoms with Gasteiger partial charge in [0.05, 0.1) is 28.7 Å². The van der Waals surface area contributed by atoms with Crippen LogP contribution in [0.5, 0.6) is 0 Å². The van der Waals surface area contributed by atoms with Crippen LogP contribution in [0.25, 0.3) is 22.0 Å². The Balaban J connectivity index is 1.23. The van der Waals surface area contributed by atoms with Crippen LogP contribution < -0.4 is 5.43 Å². The van der Waals surface area contributed by atoms with Crippen molar-refractivity contribution in [2.75, 3.05) is 5.43 Å². The SMILES string of the molecule is C=C(Cc1ccc(/C=N/Nc2nc(C)c3cccc(-c4ccccc4)c3n2)nc1)Cc1cccc(C(F)(F)F)c1. The Morgan fingerprint density at radius 1 is 0.900 bits per heavy atom. The van der Waals surface area contributed by atoms with E-state index in [2.05, 4.69) is 27.1 Å². The molecule has 200 valence electrons. The standard InChI is InChI=1S/C32H26F3N5/c1-21(16-23-8-6-11-26(18-23)32(33,34)35)17-24-14-15-27(36-19-24)20-37-40-31-38-22(2)28-12-7-13-29(30(28)39-31)25-9-4-3-5-10-25/h3-15,18-20H,1,16-17H2,2H3,(H,38,39,40)/b37-20+. The van der Waals surface area contributed by atoms with Crippen molar-refractivity contribution >= 4 is 23.1 Å². The third kappa shape index (κ3) is 6.40. The van der Waals surface area contributed by atoms with Crippen molar-refractivity contribution in [3.63, 3.8) is 0 Å². The number of fused-ring (bicyclic) bond motifs is 1. The van der Waals surface area contributed by atoms with Gasteiger partial charge in [-0.25, -0.2) is 15.4 Å². The number of allylic oxidation sites excluding steroid dienone is 1. The quantitative estimate of drug-likeness (QED) is 0.125. The number of aryl methyl sites for hydroxylation is 1. The Bertz CT molecular complexity index is 1680. The molecule has 0 aliphatic rings. The number of aromatic nitrogens is 3. The van der Waals surface area contributed by atoms with Crippen LogP contribution in [-0.2, 0) is 19.0 Å². The fraction of sp³-hybridized carbons (Fsp3) is 0.125. The molecule has 40 heavy (non-hydrogen) atoms. The summed E-state index contributed by atoms with van der Waals surface area (Å²) >= 11 is 0. The smallest absolute Gasteiger partial charge is 0.255 e. The van der Waals surface area contributed by atoms with E-state index in [0.29, 0.717) is 30.0 Å². The normalized spacial score (nSPS) is 11.7. The summed E-state index contributed by atoms with van der Waals surface area (Å²) in [5.74, 6) is 0.382. The fourth-order valence-corrected chi connectivity index (χ4v) is 4.48.